The maximum Gasteiger partial charge on any atom is 0.184 e. The monoisotopic (exact) mass is 450 g/mol. The normalized spacial score (nSPS) is 15.5. The van der Waals surface area contributed by atoms with E-state index in [-0.39, 0.29) is 12.2 Å². The molecule has 1 heterocycles. The third-order valence-electron chi connectivity index (χ3n) is 4.01. The van der Waals surface area contributed by atoms with Crippen molar-refractivity contribution in [3.05, 3.63) is 36.2 Å². The van der Waals surface area contributed by atoms with Gasteiger partial charge in [-0.15, -0.1) is 0 Å². The molecule has 1 aromatic carbocycles. The van der Waals surface area contributed by atoms with Crippen molar-refractivity contribution in [2.45, 2.75) is 77.6 Å². The number of para-hydroxylation sites is 2. The van der Waals surface area contributed by atoms with E-state index in [1.807, 2.05) is 30.5 Å². The highest BCUT2D eigenvalue weighted by Crippen LogP contribution is 2.22. The highest BCUT2D eigenvalue weighted by atomic mass is 28.4. The summed E-state index contributed by atoms with van der Waals surface area (Å²) >= 11 is 0. The van der Waals surface area contributed by atoms with Gasteiger partial charge in [0.1, 0.15) is 0 Å². The summed E-state index contributed by atoms with van der Waals surface area (Å²) in [6.07, 6.45) is 2.34. The Morgan fingerprint density at radius 1 is 0.759 bits per heavy atom. The second kappa shape index (κ2) is 9.49. The first kappa shape index (κ1) is 24.4. The zero-order valence-corrected chi connectivity index (χ0v) is 22.6. The van der Waals surface area contributed by atoms with Crippen molar-refractivity contribution in [2.24, 2.45) is 0 Å². The van der Waals surface area contributed by atoms with Gasteiger partial charge in [0, 0.05) is 12.6 Å². The third kappa shape index (κ3) is 9.18. The first-order valence-electron chi connectivity index (χ1n) is 10.4. The molecule has 0 radical (unpaired) electrons. The van der Waals surface area contributed by atoms with Crippen LogP contribution in [0.4, 0.5) is 0 Å². The van der Waals surface area contributed by atoms with Gasteiger partial charge >= 0.3 is 0 Å². The lowest BCUT2D eigenvalue weighted by atomic mass is 10.1. The van der Waals surface area contributed by atoms with Crippen LogP contribution in [0.1, 0.15) is 5.69 Å². The summed E-state index contributed by atoms with van der Waals surface area (Å²) in [7, 11) is -5.24. The van der Waals surface area contributed by atoms with E-state index >= 15 is 0 Å². The maximum absolute atomic E-state index is 6.63. The fourth-order valence-electron chi connectivity index (χ4n) is 3.01. The molecule has 0 aliphatic rings. The number of hydrogen-bond acceptors (Lipinski definition) is 5. The van der Waals surface area contributed by atoms with Crippen molar-refractivity contribution in [3.8, 4) is 0 Å². The predicted molar refractivity (Wildman–Crippen MR) is 129 cm³/mol. The molecule has 0 N–H and O–H groups in total. The molecule has 0 bridgehead atoms. The second-order valence-corrected chi connectivity index (χ2v) is 23.9. The second-order valence-electron chi connectivity index (χ2n) is 10.5. The van der Waals surface area contributed by atoms with Crippen LogP contribution in [0.2, 0.25) is 58.9 Å². The molecule has 8 heteroatoms. The van der Waals surface area contributed by atoms with Crippen molar-refractivity contribution in [1.82, 2.24) is 9.97 Å². The van der Waals surface area contributed by atoms with E-state index in [2.05, 4.69) is 63.9 Å². The molecular weight excluding hydrogens is 413 g/mol. The van der Waals surface area contributed by atoms with Crippen LogP contribution in [-0.4, -0.2) is 53.7 Å². The molecular formula is C21H38N2O3Si3. The molecule has 0 saturated heterocycles. The van der Waals surface area contributed by atoms with Crippen molar-refractivity contribution in [1.29, 1.82) is 0 Å². The molecule has 2 unspecified atom stereocenters. The van der Waals surface area contributed by atoms with E-state index in [1.54, 1.807) is 0 Å². The smallest absolute Gasteiger partial charge is 0.184 e. The molecule has 0 fully saturated rings. The molecule has 2 rings (SSSR count). The summed E-state index contributed by atoms with van der Waals surface area (Å²) < 4.78 is 19.5. The van der Waals surface area contributed by atoms with Crippen LogP contribution in [0.15, 0.2) is 30.5 Å². The first-order valence-corrected chi connectivity index (χ1v) is 20.6. The average molecular weight is 451 g/mol. The Morgan fingerprint density at radius 2 is 1.31 bits per heavy atom. The highest BCUT2D eigenvalue weighted by Gasteiger charge is 2.34. The topological polar surface area (TPSA) is 53.5 Å². The maximum atomic E-state index is 6.63. The number of rotatable bonds is 10. The highest BCUT2D eigenvalue weighted by molar-refractivity contribution is 6.70. The van der Waals surface area contributed by atoms with E-state index in [0.29, 0.717) is 13.0 Å². The minimum absolute atomic E-state index is 0.0970. The Balaban J connectivity index is 2.32. The minimum atomic E-state index is -1.80. The van der Waals surface area contributed by atoms with Gasteiger partial charge in [-0.25, -0.2) is 4.98 Å². The van der Waals surface area contributed by atoms with Crippen molar-refractivity contribution in [3.63, 3.8) is 0 Å². The lowest BCUT2D eigenvalue weighted by molar-refractivity contribution is 0.0118. The van der Waals surface area contributed by atoms with Gasteiger partial charge in [-0.2, -0.15) is 0 Å². The summed E-state index contributed by atoms with van der Waals surface area (Å²) in [5.74, 6) is 0. The van der Waals surface area contributed by atoms with Crippen LogP contribution >= 0.6 is 0 Å². The van der Waals surface area contributed by atoms with Crippen molar-refractivity contribution < 1.29 is 13.3 Å². The molecule has 0 aliphatic carbocycles. The molecule has 162 valence electrons. The number of nitrogens with zero attached hydrogens (tertiary/aromatic N) is 2. The third-order valence-corrected chi connectivity index (χ3v) is 7.07. The SMILES string of the molecule is C[Si](C)(C)OCC(O[Si](C)(C)C)C(Cc1cnc2ccccc2n1)O[Si](C)(C)C. The van der Waals surface area contributed by atoms with Crippen LogP contribution in [-0.2, 0) is 19.7 Å². The number of fused-ring (bicyclic) bond motifs is 1. The van der Waals surface area contributed by atoms with Crippen LogP contribution in [0.5, 0.6) is 0 Å². The largest absolute Gasteiger partial charge is 0.415 e. The fourth-order valence-corrected chi connectivity index (χ4v) is 5.94. The molecule has 2 atom stereocenters. The van der Waals surface area contributed by atoms with Gasteiger partial charge in [0.15, 0.2) is 25.0 Å². The average Bonchev–Trinajstić information content (AvgIpc) is 2.55. The Hall–Kier alpha value is -0.909. The molecule has 2 aromatic rings. The molecule has 0 aliphatic heterocycles. The predicted octanol–water partition coefficient (Wildman–Crippen LogP) is 5.46. The van der Waals surface area contributed by atoms with Crippen LogP contribution in [0.3, 0.4) is 0 Å². The van der Waals surface area contributed by atoms with Crippen molar-refractivity contribution >= 4 is 36.0 Å². The summed E-state index contributed by atoms with van der Waals surface area (Å²) in [6, 6.07) is 7.97. The molecule has 29 heavy (non-hydrogen) atoms. The van der Waals surface area contributed by atoms with E-state index in [4.69, 9.17) is 18.3 Å². The van der Waals surface area contributed by atoms with Gasteiger partial charge in [0.25, 0.3) is 0 Å². The lowest BCUT2D eigenvalue weighted by Gasteiger charge is -2.37. The molecule has 0 saturated carbocycles. The van der Waals surface area contributed by atoms with E-state index in [9.17, 15) is 0 Å². The summed E-state index contributed by atoms with van der Waals surface area (Å²) in [6.45, 7) is 20.5. The lowest BCUT2D eigenvalue weighted by Crippen LogP contribution is -2.49. The Kier molecular flexibility index (Phi) is 7.97. The zero-order chi connectivity index (χ0) is 21.9. The van der Waals surface area contributed by atoms with Gasteiger partial charge in [-0.1, -0.05) is 12.1 Å². The molecule has 5 nitrogen and oxygen atoms in total. The van der Waals surface area contributed by atoms with Gasteiger partial charge in [-0.3, -0.25) is 4.98 Å². The van der Waals surface area contributed by atoms with Crippen LogP contribution in [0.25, 0.3) is 11.0 Å². The van der Waals surface area contributed by atoms with Gasteiger partial charge in [0.05, 0.1) is 35.5 Å². The standard InChI is InChI=1S/C21H38N2O3Si3/c1-27(2,3)24-16-21(26-29(7,8)9)20(25-28(4,5)6)14-17-15-22-18-12-10-11-13-19(18)23-17/h10-13,15,20-21H,14,16H2,1-9H3. The first-order chi connectivity index (χ1) is 13.2. The van der Waals surface area contributed by atoms with Gasteiger partial charge in [-0.05, 0) is 71.1 Å². The minimum Gasteiger partial charge on any atom is -0.415 e. The van der Waals surface area contributed by atoms with Crippen LogP contribution in [0, 0.1) is 0 Å². The van der Waals surface area contributed by atoms with Gasteiger partial charge < -0.3 is 13.3 Å². The van der Waals surface area contributed by atoms with Crippen LogP contribution < -0.4 is 0 Å². The molecule has 1 aromatic heterocycles. The Morgan fingerprint density at radius 3 is 1.86 bits per heavy atom. The zero-order valence-electron chi connectivity index (χ0n) is 19.6. The molecule has 0 spiro atoms. The summed E-state index contributed by atoms with van der Waals surface area (Å²) in [5, 5.41) is 0. The van der Waals surface area contributed by atoms with E-state index < -0.39 is 25.0 Å². The fraction of sp³-hybridized carbons (Fsp3) is 0.619. The molecule has 0 amide bonds. The van der Waals surface area contributed by atoms with Gasteiger partial charge in [0.2, 0.25) is 0 Å². The van der Waals surface area contributed by atoms with E-state index in [1.165, 1.54) is 0 Å². The van der Waals surface area contributed by atoms with E-state index in [0.717, 1.165) is 16.7 Å². The Bertz CT molecular complexity index is 798. The number of hydrogen-bond donors (Lipinski definition) is 0. The van der Waals surface area contributed by atoms with Crippen molar-refractivity contribution in [2.75, 3.05) is 6.61 Å². The Labute approximate surface area is 179 Å². The quantitative estimate of drug-likeness (QED) is 0.450. The number of aromatic nitrogens is 2. The number of benzene rings is 1. The summed E-state index contributed by atoms with van der Waals surface area (Å²) in [4.78, 5) is 9.42. The summed E-state index contributed by atoms with van der Waals surface area (Å²) in [5.41, 5.74) is 2.76.